The number of anilines is 1. The summed E-state index contributed by atoms with van der Waals surface area (Å²) >= 11 is 0. The first-order chi connectivity index (χ1) is 13.1. The van der Waals surface area contributed by atoms with E-state index in [4.69, 9.17) is 21.6 Å². The molecule has 0 bridgehead atoms. The molecule has 3 rings (SSSR count). The van der Waals surface area contributed by atoms with Gasteiger partial charge in [0.2, 0.25) is 0 Å². The Labute approximate surface area is 160 Å². The van der Waals surface area contributed by atoms with E-state index in [2.05, 4.69) is 0 Å². The molecule has 28 heavy (non-hydrogen) atoms. The molecular formula is C19H17N3O5S. The third-order valence-electron chi connectivity index (χ3n) is 4.09. The first-order valence-corrected chi connectivity index (χ1v) is 9.88. The fraction of sp³-hybridized carbons (Fsp3) is 0.0526. The Bertz CT molecular complexity index is 1240. The summed E-state index contributed by atoms with van der Waals surface area (Å²) in [7, 11) is -3.64. The highest BCUT2D eigenvalue weighted by Gasteiger charge is 2.21. The third kappa shape index (κ3) is 3.74. The summed E-state index contributed by atoms with van der Waals surface area (Å²) in [6.45, 7) is 0. The van der Waals surface area contributed by atoms with E-state index in [-0.39, 0.29) is 27.7 Å². The summed E-state index contributed by atoms with van der Waals surface area (Å²) in [5, 5.41) is 18.5. The van der Waals surface area contributed by atoms with E-state index in [1.165, 1.54) is 0 Å². The Hall–Kier alpha value is -3.59. The number of benzene rings is 3. The van der Waals surface area contributed by atoms with E-state index in [0.29, 0.717) is 11.3 Å². The lowest BCUT2D eigenvalue weighted by Crippen LogP contribution is -2.10. The Kier molecular flexibility index (Phi) is 4.70. The maximum Gasteiger partial charge on any atom is 0.339 e. The van der Waals surface area contributed by atoms with E-state index in [9.17, 15) is 18.3 Å². The van der Waals surface area contributed by atoms with Crippen LogP contribution in [-0.4, -0.2) is 31.6 Å². The number of nitrogens with two attached hydrogens (primary N) is 2. The van der Waals surface area contributed by atoms with Crippen LogP contribution in [0.2, 0.25) is 0 Å². The van der Waals surface area contributed by atoms with E-state index in [1.54, 1.807) is 36.4 Å². The molecule has 6 N–H and O–H groups in total. The number of aromatic carboxylic acids is 1. The van der Waals surface area contributed by atoms with Gasteiger partial charge in [-0.2, -0.15) is 0 Å². The minimum Gasteiger partial charge on any atom is -0.478 e. The molecular weight excluding hydrogens is 382 g/mol. The average Bonchev–Trinajstić information content (AvgIpc) is 2.61. The summed E-state index contributed by atoms with van der Waals surface area (Å²) in [6, 6.07) is 12.4. The molecule has 0 radical (unpaired) electrons. The van der Waals surface area contributed by atoms with Crippen molar-refractivity contribution in [1.82, 2.24) is 0 Å². The number of nitrogen functional groups attached to an aromatic ring is 2. The fourth-order valence-electron chi connectivity index (χ4n) is 2.68. The van der Waals surface area contributed by atoms with Crippen LogP contribution in [0, 0.1) is 5.41 Å². The minimum atomic E-state index is -3.64. The van der Waals surface area contributed by atoms with Gasteiger partial charge in [-0.05, 0) is 41.1 Å². The molecule has 3 aromatic carbocycles. The molecule has 0 aliphatic heterocycles. The van der Waals surface area contributed by atoms with Gasteiger partial charge in [0.15, 0.2) is 15.6 Å². The lowest BCUT2D eigenvalue weighted by atomic mass is 10.1. The molecule has 0 unspecified atom stereocenters. The van der Waals surface area contributed by atoms with Crippen LogP contribution in [-0.2, 0) is 9.84 Å². The molecule has 3 aromatic rings. The number of rotatable bonds is 5. The zero-order valence-electron chi connectivity index (χ0n) is 14.8. The van der Waals surface area contributed by atoms with Crippen molar-refractivity contribution in [3.8, 4) is 11.5 Å². The number of carboxylic acid groups (broad SMARTS) is 1. The van der Waals surface area contributed by atoms with Crippen molar-refractivity contribution in [2.45, 2.75) is 4.90 Å². The first kappa shape index (κ1) is 19.2. The Morgan fingerprint density at radius 1 is 1.07 bits per heavy atom. The molecule has 0 aromatic heterocycles. The van der Waals surface area contributed by atoms with Gasteiger partial charge in [-0.3, -0.25) is 5.41 Å². The third-order valence-corrected chi connectivity index (χ3v) is 5.18. The molecule has 0 heterocycles. The largest absolute Gasteiger partial charge is 0.478 e. The van der Waals surface area contributed by atoms with Crippen molar-refractivity contribution < 1.29 is 23.1 Å². The van der Waals surface area contributed by atoms with Crippen molar-refractivity contribution >= 4 is 38.1 Å². The topological polar surface area (TPSA) is 157 Å². The molecule has 0 spiro atoms. The number of fused-ring (bicyclic) bond motifs is 1. The molecule has 144 valence electrons. The normalized spacial score (nSPS) is 11.3. The number of hydrogen-bond acceptors (Lipinski definition) is 6. The smallest absolute Gasteiger partial charge is 0.339 e. The predicted molar refractivity (Wildman–Crippen MR) is 106 cm³/mol. The number of carboxylic acids is 1. The number of ether oxygens (including phenoxy) is 1. The maximum absolute atomic E-state index is 11.7. The van der Waals surface area contributed by atoms with E-state index in [1.807, 2.05) is 0 Å². The summed E-state index contributed by atoms with van der Waals surface area (Å²) in [6.07, 6.45) is 0.965. The molecule has 0 aliphatic rings. The van der Waals surface area contributed by atoms with Gasteiger partial charge in [0.05, 0.1) is 10.6 Å². The first-order valence-electron chi connectivity index (χ1n) is 7.99. The molecule has 0 saturated carbocycles. The van der Waals surface area contributed by atoms with Gasteiger partial charge in [0.25, 0.3) is 0 Å². The van der Waals surface area contributed by atoms with Gasteiger partial charge in [0, 0.05) is 11.8 Å². The molecule has 0 atom stereocenters. The van der Waals surface area contributed by atoms with Crippen molar-refractivity contribution in [2.75, 3.05) is 12.0 Å². The summed E-state index contributed by atoms with van der Waals surface area (Å²) < 4.78 is 29.2. The van der Waals surface area contributed by atoms with Crippen LogP contribution in [0.25, 0.3) is 10.8 Å². The second-order valence-electron chi connectivity index (χ2n) is 6.21. The van der Waals surface area contributed by atoms with Crippen molar-refractivity contribution in [2.24, 2.45) is 5.73 Å². The fourth-order valence-corrected chi connectivity index (χ4v) is 3.36. The molecule has 0 aliphatic carbocycles. The van der Waals surface area contributed by atoms with Crippen LogP contribution in [0.5, 0.6) is 11.5 Å². The zero-order valence-corrected chi connectivity index (χ0v) is 15.6. The zero-order chi connectivity index (χ0) is 20.6. The Balaban J connectivity index is 2.06. The quantitative estimate of drug-likeness (QED) is 0.292. The van der Waals surface area contributed by atoms with Gasteiger partial charge in [0.1, 0.15) is 17.1 Å². The number of nitrogens with one attached hydrogen (secondary N) is 1. The lowest BCUT2D eigenvalue weighted by molar-refractivity contribution is 0.0694. The highest BCUT2D eigenvalue weighted by atomic mass is 32.2. The summed E-state index contributed by atoms with van der Waals surface area (Å²) in [4.78, 5) is 11.4. The standard InChI is InChI=1S/C19H17N3O5S/c1-28(25,26)14-8-15(19(23)24)17(16(20)9-14)27-13-5-4-10-6-12(18(21)22)3-2-11(10)7-13/h2-9H,20H2,1H3,(H3,21,22)(H,23,24). The molecule has 0 fully saturated rings. The monoisotopic (exact) mass is 399 g/mol. The molecule has 8 nitrogen and oxygen atoms in total. The molecule has 0 saturated heterocycles. The predicted octanol–water partition coefficient (Wildman–Crippen LogP) is 2.60. The minimum absolute atomic E-state index is 0.0490. The van der Waals surface area contributed by atoms with Gasteiger partial charge in [-0.1, -0.05) is 18.2 Å². The summed E-state index contributed by atoms with van der Waals surface area (Å²) in [5.41, 5.74) is 11.5. The van der Waals surface area contributed by atoms with Gasteiger partial charge in [-0.25, -0.2) is 13.2 Å². The SMILES string of the molecule is CS(=O)(=O)c1cc(N)c(Oc2ccc3cc(C(=N)N)ccc3c2)c(C(=O)O)c1. The average molecular weight is 399 g/mol. The van der Waals surface area contributed by atoms with Gasteiger partial charge in [-0.15, -0.1) is 0 Å². The van der Waals surface area contributed by atoms with Crippen molar-refractivity contribution in [3.05, 3.63) is 59.7 Å². The second kappa shape index (κ2) is 6.86. The van der Waals surface area contributed by atoms with Crippen LogP contribution < -0.4 is 16.2 Å². The van der Waals surface area contributed by atoms with Crippen LogP contribution in [0.1, 0.15) is 15.9 Å². The Morgan fingerprint density at radius 3 is 2.32 bits per heavy atom. The van der Waals surface area contributed by atoms with E-state index in [0.717, 1.165) is 29.2 Å². The maximum atomic E-state index is 11.7. The van der Waals surface area contributed by atoms with Gasteiger partial charge < -0.3 is 21.3 Å². The van der Waals surface area contributed by atoms with Gasteiger partial charge >= 0.3 is 5.97 Å². The van der Waals surface area contributed by atoms with Crippen LogP contribution in [0.3, 0.4) is 0 Å². The highest BCUT2D eigenvalue weighted by Crippen LogP contribution is 2.35. The van der Waals surface area contributed by atoms with Crippen LogP contribution in [0.4, 0.5) is 5.69 Å². The van der Waals surface area contributed by atoms with E-state index < -0.39 is 15.8 Å². The van der Waals surface area contributed by atoms with Crippen LogP contribution >= 0.6 is 0 Å². The molecule has 9 heteroatoms. The number of amidine groups is 1. The number of sulfone groups is 1. The lowest BCUT2D eigenvalue weighted by Gasteiger charge is -2.14. The molecule has 0 amide bonds. The second-order valence-corrected chi connectivity index (χ2v) is 8.22. The van der Waals surface area contributed by atoms with Crippen LogP contribution in [0.15, 0.2) is 53.4 Å². The Morgan fingerprint density at radius 2 is 1.71 bits per heavy atom. The van der Waals surface area contributed by atoms with E-state index >= 15 is 0 Å². The highest BCUT2D eigenvalue weighted by molar-refractivity contribution is 7.90. The van der Waals surface area contributed by atoms with Crippen molar-refractivity contribution in [1.29, 1.82) is 5.41 Å². The summed E-state index contributed by atoms with van der Waals surface area (Å²) in [5.74, 6) is -1.23. The van der Waals surface area contributed by atoms with Crippen molar-refractivity contribution in [3.63, 3.8) is 0 Å². The number of hydrogen-bond donors (Lipinski definition) is 4. The number of carbonyl (C=O) groups is 1.